The van der Waals surface area contributed by atoms with Crippen molar-refractivity contribution in [2.45, 2.75) is 12.0 Å². The smallest absolute Gasteiger partial charge is 0.0966 e. The predicted molar refractivity (Wildman–Crippen MR) is 57.8 cm³/mol. The number of methoxy groups -OCH3 is 1. The summed E-state index contributed by atoms with van der Waals surface area (Å²) in [7, 11) is 1.77. The summed E-state index contributed by atoms with van der Waals surface area (Å²) in [6.07, 6.45) is 0.928. The van der Waals surface area contributed by atoms with Gasteiger partial charge in [0.05, 0.1) is 5.60 Å². The molecule has 0 unspecified atom stereocenters. The van der Waals surface area contributed by atoms with Crippen LogP contribution in [0.2, 0.25) is 5.02 Å². The van der Waals surface area contributed by atoms with E-state index in [-0.39, 0.29) is 5.60 Å². The molecule has 1 aliphatic heterocycles. The van der Waals surface area contributed by atoms with Gasteiger partial charge in [0, 0.05) is 31.6 Å². The summed E-state index contributed by atoms with van der Waals surface area (Å²) in [6.45, 7) is 1.85. The van der Waals surface area contributed by atoms with Crippen LogP contribution in [0, 0.1) is 0 Å². The molecule has 76 valence electrons. The molecule has 0 aromatic heterocycles. The fourth-order valence-corrected chi connectivity index (χ4v) is 1.98. The van der Waals surface area contributed by atoms with Gasteiger partial charge in [0.25, 0.3) is 0 Å². The highest BCUT2D eigenvalue weighted by Crippen LogP contribution is 2.23. The molecule has 1 fully saturated rings. The summed E-state index contributed by atoms with van der Waals surface area (Å²) in [5.41, 5.74) is 1.23. The first-order valence-electron chi connectivity index (χ1n) is 4.74. The standard InChI is InChI=1S/C11H14ClNO/c1-14-11(7-13-8-11)6-9-3-2-4-10(12)5-9/h2-5,13H,6-8H2,1H3. The van der Waals surface area contributed by atoms with Gasteiger partial charge in [-0.15, -0.1) is 0 Å². The van der Waals surface area contributed by atoms with E-state index >= 15 is 0 Å². The molecule has 1 heterocycles. The second-order valence-corrected chi connectivity index (χ2v) is 4.23. The molecule has 2 nitrogen and oxygen atoms in total. The largest absolute Gasteiger partial charge is 0.375 e. The molecule has 1 N–H and O–H groups in total. The maximum atomic E-state index is 5.92. The lowest BCUT2D eigenvalue weighted by Crippen LogP contribution is -2.61. The van der Waals surface area contributed by atoms with Gasteiger partial charge in [-0.25, -0.2) is 0 Å². The number of hydrogen-bond donors (Lipinski definition) is 1. The predicted octanol–water partition coefficient (Wildman–Crippen LogP) is 1.87. The van der Waals surface area contributed by atoms with E-state index < -0.39 is 0 Å². The Morgan fingerprint density at radius 3 is 2.79 bits per heavy atom. The number of rotatable bonds is 3. The van der Waals surface area contributed by atoms with Gasteiger partial charge < -0.3 is 10.1 Å². The van der Waals surface area contributed by atoms with Gasteiger partial charge in [-0.05, 0) is 17.7 Å². The van der Waals surface area contributed by atoms with E-state index in [1.54, 1.807) is 7.11 Å². The zero-order chi connectivity index (χ0) is 10.0. The Balaban J connectivity index is 2.09. The van der Waals surface area contributed by atoms with Crippen LogP contribution in [0.25, 0.3) is 0 Å². The molecule has 1 aromatic rings. The molecular weight excluding hydrogens is 198 g/mol. The Bertz CT molecular complexity index is 317. The topological polar surface area (TPSA) is 21.3 Å². The molecule has 1 aliphatic rings. The Labute approximate surface area is 89.2 Å². The van der Waals surface area contributed by atoms with Crippen molar-refractivity contribution in [3.8, 4) is 0 Å². The van der Waals surface area contributed by atoms with Crippen LogP contribution in [0.15, 0.2) is 24.3 Å². The molecule has 14 heavy (non-hydrogen) atoms. The Hall–Kier alpha value is -0.570. The summed E-state index contributed by atoms with van der Waals surface area (Å²) >= 11 is 5.92. The van der Waals surface area contributed by atoms with E-state index in [0.717, 1.165) is 24.5 Å². The van der Waals surface area contributed by atoms with Crippen LogP contribution in [-0.2, 0) is 11.2 Å². The van der Waals surface area contributed by atoms with E-state index in [4.69, 9.17) is 16.3 Å². The summed E-state index contributed by atoms with van der Waals surface area (Å²) in [6, 6.07) is 7.96. The number of benzene rings is 1. The fourth-order valence-electron chi connectivity index (χ4n) is 1.76. The number of ether oxygens (including phenoxy) is 1. The molecule has 0 amide bonds. The maximum Gasteiger partial charge on any atom is 0.0966 e. The SMILES string of the molecule is COC1(Cc2cccc(Cl)c2)CNC1. The average Bonchev–Trinajstić information content (AvgIpc) is 2.11. The molecular formula is C11H14ClNO. The molecule has 2 rings (SSSR count). The number of hydrogen-bond acceptors (Lipinski definition) is 2. The zero-order valence-corrected chi connectivity index (χ0v) is 8.97. The van der Waals surface area contributed by atoms with Crippen LogP contribution in [-0.4, -0.2) is 25.8 Å². The molecule has 3 heteroatoms. The van der Waals surface area contributed by atoms with Gasteiger partial charge in [0.15, 0.2) is 0 Å². The summed E-state index contributed by atoms with van der Waals surface area (Å²) in [4.78, 5) is 0. The van der Waals surface area contributed by atoms with Crippen molar-refractivity contribution < 1.29 is 4.74 Å². The lowest BCUT2D eigenvalue weighted by atomic mass is 9.89. The molecule has 0 atom stereocenters. The molecule has 1 aromatic carbocycles. The molecule has 0 aliphatic carbocycles. The van der Waals surface area contributed by atoms with E-state index in [2.05, 4.69) is 11.4 Å². The third-order valence-corrected chi connectivity index (χ3v) is 2.98. The summed E-state index contributed by atoms with van der Waals surface area (Å²) in [5, 5.41) is 4.02. The van der Waals surface area contributed by atoms with Crippen molar-refractivity contribution >= 4 is 11.6 Å². The summed E-state index contributed by atoms with van der Waals surface area (Å²) < 4.78 is 5.51. The Morgan fingerprint density at radius 2 is 2.29 bits per heavy atom. The quantitative estimate of drug-likeness (QED) is 0.825. The van der Waals surface area contributed by atoms with Crippen LogP contribution in [0.1, 0.15) is 5.56 Å². The zero-order valence-electron chi connectivity index (χ0n) is 8.22. The molecule has 1 saturated heterocycles. The first-order valence-corrected chi connectivity index (χ1v) is 5.12. The number of nitrogens with one attached hydrogen (secondary N) is 1. The number of halogens is 1. The Morgan fingerprint density at radius 1 is 1.50 bits per heavy atom. The van der Waals surface area contributed by atoms with Crippen molar-refractivity contribution in [1.82, 2.24) is 5.32 Å². The van der Waals surface area contributed by atoms with Gasteiger partial charge >= 0.3 is 0 Å². The highest BCUT2D eigenvalue weighted by Gasteiger charge is 2.36. The first-order chi connectivity index (χ1) is 6.74. The molecule has 0 saturated carbocycles. The monoisotopic (exact) mass is 211 g/mol. The van der Waals surface area contributed by atoms with E-state index in [1.165, 1.54) is 5.56 Å². The molecule has 0 bridgehead atoms. The van der Waals surface area contributed by atoms with Crippen LogP contribution in [0.4, 0.5) is 0 Å². The van der Waals surface area contributed by atoms with E-state index in [1.807, 2.05) is 18.2 Å². The third-order valence-electron chi connectivity index (χ3n) is 2.74. The minimum atomic E-state index is -0.00924. The fraction of sp³-hybridized carbons (Fsp3) is 0.455. The van der Waals surface area contributed by atoms with Gasteiger partial charge in [-0.2, -0.15) is 0 Å². The maximum absolute atomic E-state index is 5.92. The van der Waals surface area contributed by atoms with Crippen molar-refractivity contribution in [3.63, 3.8) is 0 Å². The van der Waals surface area contributed by atoms with Crippen LogP contribution in [0.5, 0.6) is 0 Å². The van der Waals surface area contributed by atoms with Gasteiger partial charge in [0.1, 0.15) is 0 Å². The van der Waals surface area contributed by atoms with Crippen molar-refractivity contribution in [2.24, 2.45) is 0 Å². The second-order valence-electron chi connectivity index (χ2n) is 3.80. The lowest BCUT2D eigenvalue weighted by molar-refractivity contribution is -0.0502. The van der Waals surface area contributed by atoms with Crippen molar-refractivity contribution in [3.05, 3.63) is 34.9 Å². The van der Waals surface area contributed by atoms with Crippen LogP contribution < -0.4 is 5.32 Å². The van der Waals surface area contributed by atoms with Crippen LogP contribution in [0.3, 0.4) is 0 Å². The van der Waals surface area contributed by atoms with E-state index in [0.29, 0.717) is 0 Å². The summed E-state index contributed by atoms with van der Waals surface area (Å²) in [5.74, 6) is 0. The first kappa shape index (κ1) is 9.97. The minimum Gasteiger partial charge on any atom is -0.375 e. The molecule has 0 spiro atoms. The van der Waals surface area contributed by atoms with Crippen molar-refractivity contribution in [2.75, 3.05) is 20.2 Å². The van der Waals surface area contributed by atoms with Gasteiger partial charge in [-0.1, -0.05) is 23.7 Å². The van der Waals surface area contributed by atoms with Crippen molar-refractivity contribution in [1.29, 1.82) is 0 Å². The minimum absolute atomic E-state index is 0.00924. The van der Waals surface area contributed by atoms with E-state index in [9.17, 15) is 0 Å². The third kappa shape index (κ3) is 1.92. The lowest BCUT2D eigenvalue weighted by Gasteiger charge is -2.41. The normalized spacial score (nSPS) is 19.0. The molecule has 0 radical (unpaired) electrons. The second kappa shape index (κ2) is 3.89. The van der Waals surface area contributed by atoms with Gasteiger partial charge in [-0.3, -0.25) is 0 Å². The van der Waals surface area contributed by atoms with Gasteiger partial charge in [0.2, 0.25) is 0 Å². The average molecular weight is 212 g/mol. The highest BCUT2D eigenvalue weighted by molar-refractivity contribution is 6.30. The Kier molecular flexibility index (Phi) is 2.77. The highest BCUT2D eigenvalue weighted by atomic mass is 35.5. The van der Waals surface area contributed by atoms with Crippen LogP contribution >= 0.6 is 11.6 Å².